The number of carboxylic acid groups (broad SMARTS) is 1. The SMILES string of the molecule is O=C(O)C1=C[C@@H]2N[C@@H]2[C@H](OC(=O)c2ccccc2)C1. The lowest BCUT2D eigenvalue weighted by Crippen LogP contribution is -2.30. The Morgan fingerprint density at radius 1 is 1.26 bits per heavy atom. The van der Waals surface area contributed by atoms with Crippen molar-refractivity contribution >= 4 is 11.9 Å². The summed E-state index contributed by atoms with van der Waals surface area (Å²) in [5.41, 5.74) is 0.781. The molecule has 5 heteroatoms. The molecule has 3 atom stereocenters. The number of ether oxygens (including phenoxy) is 1. The molecule has 2 aliphatic rings. The molecule has 1 aliphatic carbocycles. The molecule has 2 N–H and O–H groups in total. The molecule has 1 heterocycles. The Kier molecular flexibility index (Phi) is 2.83. The van der Waals surface area contributed by atoms with Crippen LogP contribution in [-0.4, -0.2) is 35.2 Å². The molecular weight excluding hydrogens is 246 g/mol. The Balaban J connectivity index is 1.70. The summed E-state index contributed by atoms with van der Waals surface area (Å²) in [5.74, 6) is -1.36. The van der Waals surface area contributed by atoms with Crippen LogP contribution >= 0.6 is 0 Å². The second kappa shape index (κ2) is 4.51. The van der Waals surface area contributed by atoms with E-state index < -0.39 is 18.0 Å². The minimum Gasteiger partial charge on any atom is -0.478 e. The Morgan fingerprint density at radius 3 is 2.68 bits per heavy atom. The van der Waals surface area contributed by atoms with Crippen LogP contribution in [0.1, 0.15) is 16.8 Å². The van der Waals surface area contributed by atoms with Gasteiger partial charge in [-0.05, 0) is 12.1 Å². The van der Waals surface area contributed by atoms with Gasteiger partial charge in [-0.2, -0.15) is 0 Å². The van der Waals surface area contributed by atoms with E-state index in [1.165, 1.54) is 0 Å². The van der Waals surface area contributed by atoms with E-state index in [1.54, 1.807) is 30.3 Å². The van der Waals surface area contributed by atoms with E-state index in [2.05, 4.69) is 5.32 Å². The van der Waals surface area contributed by atoms with Crippen molar-refractivity contribution in [1.82, 2.24) is 5.32 Å². The first-order chi connectivity index (χ1) is 9.15. The largest absolute Gasteiger partial charge is 0.478 e. The van der Waals surface area contributed by atoms with Gasteiger partial charge in [-0.25, -0.2) is 9.59 Å². The van der Waals surface area contributed by atoms with Crippen LogP contribution in [0, 0.1) is 0 Å². The number of hydrogen-bond acceptors (Lipinski definition) is 4. The van der Waals surface area contributed by atoms with Gasteiger partial charge in [0, 0.05) is 18.0 Å². The van der Waals surface area contributed by atoms with Crippen molar-refractivity contribution < 1.29 is 19.4 Å². The first-order valence-corrected chi connectivity index (χ1v) is 6.11. The van der Waals surface area contributed by atoms with E-state index >= 15 is 0 Å². The number of carbonyl (C=O) groups is 2. The number of fused-ring (bicyclic) bond motifs is 1. The number of hydrogen-bond donors (Lipinski definition) is 2. The normalized spacial score (nSPS) is 28.0. The lowest BCUT2D eigenvalue weighted by Gasteiger charge is -2.20. The number of carbonyl (C=O) groups excluding carboxylic acids is 1. The molecule has 1 aromatic carbocycles. The van der Waals surface area contributed by atoms with Crippen LogP contribution in [-0.2, 0) is 9.53 Å². The predicted molar refractivity (Wildman–Crippen MR) is 66.7 cm³/mol. The van der Waals surface area contributed by atoms with E-state index in [0.29, 0.717) is 11.1 Å². The molecule has 1 aromatic rings. The summed E-state index contributed by atoms with van der Waals surface area (Å²) >= 11 is 0. The summed E-state index contributed by atoms with van der Waals surface area (Å²) in [5, 5.41) is 12.1. The number of carboxylic acids is 1. The van der Waals surface area contributed by atoms with Gasteiger partial charge in [-0.3, -0.25) is 0 Å². The average Bonchev–Trinajstić information content (AvgIpc) is 3.19. The maximum absolute atomic E-state index is 11.9. The topological polar surface area (TPSA) is 85.5 Å². The van der Waals surface area contributed by atoms with Crippen LogP contribution in [0.5, 0.6) is 0 Å². The monoisotopic (exact) mass is 259 g/mol. The fourth-order valence-electron chi connectivity index (χ4n) is 2.34. The highest BCUT2D eigenvalue weighted by Gasteiger charge is 2.47. The lowest BCUT2D eigenvalue weighted by molar-refractivity contribution is -0.133. The number of benzene rings is 1. The quantitative estimate of drug-likeness (QED) is 0.624. The van der Waals surface area contributed by atoms with Crippen LogP contribution in [0.15, 0.2) is 42.0 Å². The van der Waals surface area contributed by atoms with Crippen molar-refractivity contribution in [3.8, 4) is 0 Å². The van der Waals surface area contributed by atoms with Gasteiger partial charge < -0.3 is 15.2 Å². The molecule has 5 nitrogen and oxygen atoms in total. The van der Waals surface area contributed by atoms with Crippen LogP contribution in [0.2, 0.25) is 0 Å². The molecule has 0 spiro atoms. The highest BCUT2D eigenvalue weighted by molar-refractivity contribution is 5.90. The maximum atomic E-state index is 11.9. The van der Waals surface area contributed by atoms with Gasteiger partial charge in [0.25, 0.3) is 0 Å². The first-order valence-electron chi connectivity index (χ1n) is 6.11. The van der Waals surface area contributed by atoms with Gasteiger partial charge in [0.2, 0.25) is 0 Å². The number of rotatable bonds is 3. The minimum absolute atomic E-state index is 0.0217. The molecule has 1 aliphatic heterocycles. The summed E-state index contributed by atoms with van der Waals surface area (Å²) in [4.78, 5) is 22.9. The molecule has 0 aromatic heterocycles. The fourth-order valence-corrected chi connectivity index (χ4v) is 2.34. The van der Waals surface area contributed by atoms with Crippen molar-refractivity contribution in [3.63, 3.8) is 0 Å². The summed E-state index contributed by atoms with van der Waals surface area (Å²) in [6.45, 7) is 0. The summed E-state index contributed by atoms with van der Waals surface area (Å²) < 4.78 is 5.41. The van der Waals surface area contributed by atoms with Crippen molar-refractivity contribution in [2.45, 2.75) is 24.6 Å². The van der Waals surface area contributed by atoms with Gasteiger partial charge >= 0.3 is 11.9 Å². The van der Waals surface area contributed by atoms with Crippen molar-refractivity contribution in [2.24, 2.45) is 0 Å². The third-order valence-corrected chi connectivity index (χ3v) is 3.41. The van der Waals surface area contributed by atoms with Gasteiger partial charge in [-0.15, -0.1) is 0 Å². The van der Waals surface area contributed by atoms with E-state index in [9.17, 15) is 9.59 Å². The number of esters is 1. The lowest BCUT2D eigenvalue weighted by atomic mass is 9.97. The Labute approximate surface area is 109 Å². The molecule has 1 fully saturated rings. The first kappa shape index (κ1) is 11.9. The molecule has 3 rings (SSSR count). The summed E-state index contributed by atoms with van der Waals surface area (Å²) in [6, 6.07) is 8.77. The van der Waals surface area contributed by atoms with Gasteiger partial charge in [0.05, 0.1) is 11.6 Å². The Hall–Kier alpha value is -2.14. The van der Waals surface area contributed by atoms with E-state index in [4.69, 9.17) is 9.84 Å². The maximum Gasteiger partial charge on any atom is 0.338 e. The standard InChI is InChI=1S/C14H13NO4/c16-13(17)9-6-10-12(15-10)11(7-9)19-14(18)8-4-2-1-3-5-8/h1-6,10-12,15H,7H2,(H,16,17)/t10-,11+,12-/m0/s1. The van der Waals surface area contributed by atoms with Crippen LogP contribution < -0.4 is 5.32 Å². The molecule has 0 unspecified atom stereocenters. The van der Waals surface area contributed by atoms with Crippen molar-refractivity contribution in [2.75, 3.05) is 0 Å². The highest BCUT2D eigenvalue weighted by atomic mass is 16.5. The van der Waals surface area contributed by atoms with E-state index in [0.717, 1.165) is 0 Å². The van der Waals surface area contributed by atoms with Crippen LogP contribution in [0.4, 0.5) is 0 Å². The van der Waals surface area contributed by atoms with E-state index in [1.807, 2.05) is 6.07 Å². The van der Waals surface area contributed by atoms with Gasteiger partial charge in [-0.1, -0.05) is 24.3 Å². The number of aliphatic carboxylic acids is 1. The average molecular weight is 259 g/mol. The smallest absolute Gasteiger partial charge is 0.338 e. The Bertz CT molecular complexity index is 552. The van der Waals surface area contributed by atoms with Crippen molar-refractivity contribution in [3.05, 3.63) is 47.5 Å². The predicted octanol–water partition coefficient (Wildman–Crippen LogP) is 0.967. The summed E-state index contributed by atoms with van der Waals surface area (Å²) in [6.07, 6.45) is 1.54. The minimum atomic E-state index is -0.951. The van der Waals surface area contributed by atoms with Crippen LogP contribution in [0.25, 0.3) is 0 Å². The molecule has 0 saturated carbocycles. The number of nitrogens with one attached hydrogen (secondary N) is 1. The molecule has 0 radical (unpaired) electrons. The zero-order chi connectivity index (χ0) is 13.4. The van der Waals surface area contributed by atoms with Crippen LogP contribution in [0.3, 0.4) is 0 Å². The fraction of sp³-hybridized carbons (Fsp3) is 0.286. The summed E-state index contributed by atoms with van der Waals surface area (Å²) in [7, 11) is 0. The third-order valence-electron chi connectivity index (χ3n) is 3.41. The Morgan fingerprint density at radius 2 is 2.00 bits per heavy atom. The third kappa shape index (κ3) is 2.37. The van der Waals surface area contributed by atoms with Gasteiger partial charge in [0.15, 0.2) is 0 Å². The second-order valence-electron chi connectivity index (χ2n) is 4.73. The second-order valence-corrected chi connectivity index (χ2v) is 4.73. The molecular formula is C14H13NO4. The van der Waals surface area contributed by atoms with Gasteiger partial charge in [0.1, 0.15) is 6.10 Å². The zero-order valence-electron chi connectivity index (χ0n) is 10.1. The molecule has 0 bridgehead atoms. The highest BCUT2D eigenvalue weighted by Crippen LogP contribution is 2.31. The zero-order valence-corrected chi connectivity index (χ0v) is 10.1. The van der Waals surface area contributed by atoms with Crippen molar-refractivity contribution in [1.29, 1.82) is 0 Å². The molecule has 19 heavy (non-hydrogen) atoms. The van der Waals surface area contributed by atoms with E-state index in [-0.39, 0.29) is 18.5 Å². The molecule has 98 valence electrons. The molecule has 0 amide bonds. The molecule has 1 saturated heterocycles.